The van der Waals surface area contributed by atoms with E-state index in [1.807, 2.05) is 41.5 Å². The fourth-order valence-electron chi connectivity index (χ4n) is 4.45. The molecule has 6 heteroatoms. The highest BCUT2D eigenvalue weighted by Crippen LogP contribution is 2.38. The Morgan fingerprint density at radius 1 is 1.25 bits per heavy atom. The summed E-state index contributed by atoms with van der Waals surface area (Å²) in [6.07, 6.45) is 5.76. The van der Waals surface area contributed by atoms with Crippen molar-refractivity contribution in [2.24, 2.45) is 5.92 Å². The lowest BCUT2D eigenvalue weighted by atomic mass is 9.78. The van der Waals surface area contributed by atoms with Crippen LogP contribution in [0.3, 0.4) is 0 Å². The predicted molar refractivity (Wildman–Crippen MR) is 124 cm³/mol. The summed E-state index contributed by atoms with van der Waals surface area (Å²) in [6, 6.07) is 15.9. The SMILES string of the molecule is CC(C)CN1C(=O)c2ccccc2[C@@H](C(=O)Nc2cccc(C#N)c2)[C@@H]1C1=CC=CNC1. The average Bonchev–Trinajstić information content (AvgIpc) is 2.81. The molecule has 162 valence electrons. The highest BCUT2D eigenvalue weighted by molar-refractivity contribution is 6.04. The Morgan fingerprint density at radius 3 is 2.78 bits per heavy atom. The Bertz CT molecular complexity index is 1140. The molecule has 2 aromatic carbocycles. The topological polar surface area (TPSA) is 85.2 Å². The fourth-order valence-corrected chi connectivity index (χ4v) is 4.45. The first kappa shape index (κ1) is 21.4. The van der Waals surface area contributed by atoms with Gasteiger partial charge in [-0.1, -0.05) is 44.2 Å². The quantitative estimate of drug-likeness (QED) is 0.762. The fraction of sp³-hybridized carbons (Fsp3) is 0.269. The van der Waals surface area contributed by atoms with E-state index in [1.54, 1.807) is 30.3 Å². The van der Waals surface area contributed by atoms with E-state index >= 15 is 0 Å². The Balaban J connectivity index is 1.81. The predicted octanol–water partition coefficient (Wildman–Crippen LogP) is 3.80. The number of carbonyl (C=O) groups excluding carboxylic acids is 2. The Morgan fingerprint density at radius 2 is 2.06 bits per heavy atom. The third-order valence-corrected chi connectivity index (χ3v) is 5.75. The van der Waals surface area contributed by atoms with Gasteiger partial charge in [0.1, 0.15) is 0 Å². The number of allylic oxidation sites excluding steroid dienone is 2. The molecule has 0 radical (unpaired) electrons. The zero-order valence-corrected chi connectivity index (χ0v) is 18.2. The summed E-state index contributed by atoms with van der Waals surface area (Å²) in [4.78, 5) is 29.1. The summed E-state index contributed by atoms with van der Waals surface area (Å²) in [5, 5.41) is 15.4. The van der Waals surface area contributed by atoms with Crippen molar-refractivity contribution in [2.45, 2.75) is 25.8 Å². The summed E-state index contributed by atoms with van der Waals surface area (Å²) in [5.74, 6) is -0.581. The zero-order valence-electron chi connectivity index (χ0n) is 18.2. The number of fused-ring (bicyclic) bond motifs is 1. The van der Waals surface area contributed by atoms with Crippen LogP contribution in [0.25, 0.3) is 0 Å². The zero-order chi connectivity index (χ0) is 22.7. The normalized spacial score (nSPS) is 19.6. The Kier molecular flexibility index (Phi) is 6.09. The third-order valence-electron chi connectivity index (χ3n) is 5.75. The standard InChI is InChI=1S/C26H26N4O2/c1-17(2)16-30-24(19-8-6-12-28-15-19)23(21-10-3-4-11-22(21)26(30)32)25(31)29-20-9-5-7-18(13-20)14-27/h3-13,17,23-24,28H,15-16H2,1-2H3,(H,29,31)/t23-,24+/m1/s1. The smallest absolute Gasteiger partial charge is 0.254 e. The number of rotatable bonds is 5. The Labute approximate surface area is 188 Å². The number of hydrogen-bond donors (Lipinski definition) is 2. The largest absolute Gasteiger partial charge is 0.387 e. The van der Waals surface area contributed by atoms with Crippen LogP contribution >= 0.6 is 0 Å². The van der Waals surface area contributed by atoms with Crippen LogP contribution in [0.1, 0.15) is 41.3 Å². The number of dihydropyridines is 1. The van der Waals surface area contributed by atoms with Gasteiger partial charge in [-0.2, -0.15) is 5.26 Å². The van der Waals surface area contributed by atoms with Crippen molar-refractivity contribution >= 4 is 17.5 Å². The third kappa shape index (κ3) is 4.15. The minimum Gasteiger partial charge on any atom is -0.387 e. The molecule has 0 aromatic heterocycles. The van der Waals surface area contributed by atoms with Crippen LogP contribution in [-0.4, -0.2) is 35.8 Å². The van der Waals surface area contributed by atoms with E-state index in [4.69, 9.17) is 0 Å². The summed E-state index contributed by atoms with van der Waals surface area (Å²) in [6.45, 7) is 5.26. The minimum absolute atomic E-state index is 0.0507. The number of nitriles is 1. The van der Waals surface area contributed by atoms with Gasteiger partial charge in [0.25, 0.3) is 5.91 Å². The monoisotopic (exact) mass is 426 g/mol. The summed E-state index contributed by atoms with van der Waals surface area (Å²) in [7, 11) is 0. The number of nitrogens with zero attached hydrogens (tertiary/aromatic N) is 2. The maximum Gasteiger partial charge on any atom is 0.254 e. The number of hydrogen-bond acceptors (Lipinski definition) is 4. The molecule has 32 heavy (non-hydrogen) atoms. The van der Waals surface area contributed by atoms with E-state index in [0.717, 1.165) is 11.1 Å². The van der Waals surface area contributed by atoms with Gasteiger partial charge in [-0.05, 0) is 53.6 Å². The van der Waals surface area contributed by atoms with E-state index in [1.165, 1.54) is 0 Å². The number of amides is 2. The first-order valence-corrected chi connectivity index (χ1v) is 10.8. The molecule has 0 aliphatic carbocycles. The van der Waals surface area contributed by atoms with E-state index < -0.39 is 12.0 Å². The molecule has 0 saturated carbocycles. The second-order valence-electron chi connectivity index (χ2n) is 8.52. The second-order valence-corrected chi connectivity index (χ2v) is 8.52. The average molecular weight is 427 g/mol. The minimum atomic E-state index is -0.576. The lowest BCUT2D eigenvalue weighted by molar-refractivity contribution is -0.118. The van der Waals surface area contributed by atoms with Crippen molar-refractivity contribution in [3.63, 3.8) is 0 Å². The maximum absolute atomic E-state index is 13.7. The van der Waals surface area contributed by atoms with Gasteiger partial charge >= 0.3 is 0 Å². The summed E-state index contributed by atoms with van der Waals surface area (Å²) >= 11 is 0. The molecule has 4 rings (SSSR count). The van der Waals surface area contributed by atoms with E-state index in [0.29, 0.717) is 29.9 Å². The van der Waals surface area contributed by atoms with E-state index in [-0.39, 0.29) is 17.7 Å². The van der Waals surface area contributed by atoms with Gasteiger partial charge in [0.05, 0.1) is 23.6 Å². The van der Waals surface area contributed by atoms with Crippen molar-refractivity contribution < 1.29 is 9.59 Å². The van der Waals surface area contributed by atoms with Crippen molar-refractivity contribution in [1.29, 1.82) is 5.26 Å². The number of carbonyl (C=O) groups is 2. The molecule has 0 saturated heterocycles. The molecule has 2 N–H and O–H groups in total. The van der Waals surface area contributed by atoms with Gasteiger partial charge in [-0.25, -0.2) is 0 Å². The van der Waals surface area contributed by atoms with Gasteiger partial charge in [0.15, 0.2) is 0 Å². The van der Waals surface area contributed by atoms with Crippen LogP contribution < -0.4 is 10.6 Å². The molecule has 2 aliphatic heterocycles. The number of anilines is 1. The van der Waals surface area contributed by atoms with Crippen molar-refractivity contribution in [2.75, 3.05) is 18.4 Å². The Hall–Kier alpha value is -3.85. The molecular weight excluding hydrogens is 400 g/mol. The van der Waals surface area contributed by atoms with Crippen molar-refractivity contribution in [1.82, 2.24) is 10.2 Å². The molecule has 2 amide bonds. The molecule has 0 spiro atoms. The molecule has 0 fully saturated rings. The van der Waals surface area contributed by atoms with E-state index in [9.17, 15) is 14.9 Å². The molecule has 2 heterocycles. The summed E-state index contributed by atoms with van der Waals surface area (Å²) in [5.41, 5.74) is 3.32. The first-order valence-electron chi connectivity index (χ1n) is 10.8. The van der Waals surface area contributed by atoms with Crippen LogP contribution in [0.2, 0.25) is 0 Å². The molecular formula is C26H26N4O2. The van der Waals surface area contributed by atoms with Gasteiger partial charge < -0.3 is 15.5 Å². The van der Waals surface area contributed by atoms with Gasteiger partial charge in [-0.3, -0.25) is 9.59 Å². The molecule has 0 bridgehead atoms. The van der Waals surface area contributed by atoms with Gasteiger partial charge in [0, 0.05) is 24.3 Å². The highest BCUT2D eigenvalue weighted by Gasteiger charge is 2.45. The van der Waals surface area contributed by atoms with Crippen LogP contribution in [0, 0.1) is 17.2 Å². The van der Waals surface area contributed by atoms with Gasteiger partial charge in [-0.15, -0.1) is 0 Å². The maximum atomic E-state index is 13.7. The molecule has 6 nitrogen and oxygen atoms in total. The molecule has 2 atom stereocenters. The van der Waals surface area contributed by atoms with Crippen LogP contribution in [0.5, 0.6) is 0 Å². The van der Waals surface area contributed by atoms with Crippen LogP contribution in [0.4, 0.5) is 5.69 Å². The lowest BCUT2D eigenvalue weighted by Crippen LogP contribution is -2.54. The number of nitrogens with one attached hydrogen (secondary N) is 2. The highest BCUT2D eigenvalue weighted by atomic mass is 16.2. The van der Waals surface area contributed by atoms with Gasteiger partial charge in [0.2, 0.25) is 5.91 Å². The van der Waals surface area contributed by atoms with Crippen molar-refractivity contribution in [3.8, 4) is 6.07 Å². The summed E-state index contributed by atoms with van der Waals surface area (Å²) < 4.78 is 0. The van der Waals surface area contributed by atoms with E-state index in [2.05, 4.69) is 30.6 Å². The van der Waals surface area contributed by atoms with Crippen LogP contribution in [-0.2, 0) is 4.79 Å². The number of benzene rings is 2. The van der Waals surface area contributed by atoms with Crippen molar-refractivity contribution in [3.05, 3.63) is 89.1 Å². The first-order chi connectivity index (χ1) is 15.5. The molecule has 2 aliphatic rings. The molecule has 2 aromatic rings. The lowest BCUT2D eigenvalue weighted by Gasteiger charge is -2.43. The van der Waals surface area contributed by atoms with Crippen LogP contribution in [0.15, 0.2) is 72.5 Å². The molecule has 0 unspecified atom stereocenters. The second kappa shape index (κ2) is 9.11.